The van der Waals surface area contributed by atoms with Crippen molar-refractivity contribution in [1.29, 1.82) is 0 Å². The summed E-state index contributed by atoms with van der Waals surface area (Å²) in [5.74, 6) is 1.88. The molecule has 0 aliphatic heterocycles. The third-order valence-corrected chi connectivity index (χ3v) is 9.97. The van der Waals surface area contributed by atoms with Crippen molar-refractivity contribution in [2.24, 2.45) is 0 Å². The van der Waals surface area contributed by atoms with E-state index in [9.17, 15) is 0 Å². The van der Waals surface area contributed by atoms with Crippen LogP contribution in [0.4, 0.5) is 0 Å². The molecule has 0 saturated heterocycles. The van der Waals surface area contributed by atoms with Crippen molar-refractivity contribution in [1.82, 2.24) is 19.9 Å². The topological polar surface area (TPSA) is 51.6 Å². The monoisotopic (exact) mass is 704 g/mol. The van der Waals surface area contributed by atoms with Crippen LogP contribution in [-0.4, -0.2) is 19.9 Å². The summed E-state index contributed by atoms with van der Waals surface area (Å²) in [7, 11) is 0. The molecule has 2 aromatic heterocycles. The molecule has 0 aliphatic rings. The Balaban J connectivity index is 1.18. The second-order valence-corrected chi connectivity index (χ2v) is 13.6. The van der Waals surface area contributed by atoms with Gasteiger partial charge < -0.3 is 0 Å². The average Bonchev–Trinajstić information content (AvgIpc) is 3.27. The molecule has 0 bridgehead atoms. The van der Waals surface area contributed by atoms with Gasteiger partial charge in [-0.2, -0.15) is 0 Å². The van der Waals surface area contributed by atoms with E-state index < -0.39 is 0 Å². The summed E-state index contributed by atoms with van der Waals surface area (Å²) >= 11 is 0. The minimum Gasteiger partial charge on any atom is -0.264 e. The summed E-state index contributed by atoms with van der Waals surface area (Å²) in [5, 5.41) is 0. The van der Waals surface area contributed by atoms with Gasteiger partial charge in [-0.25, -0.2) is 15.0 Å². The molecule has 0 amide bonds. The van der Waals surface area contributed by atoms with Crippen LogP contribution in [0, 0.1) is 6.92 Å². The molecule has 0 N–H and O–H groups in total. The molecule has 0 spiro atoms. The molecule has 4 heteroatoms. The lowest BCUT2D eigenvalue weighted by molar-refractivity contribution is 1.07. The number of benzene rings is 7. The number of hydrogen-bond acceptors (Lipinski definition) is 4. The maximum atomic E-state index is 5.09. The zero-order chi connectivity index (χ0) is 37.0. The summed E-state index contributed by atoms with van der Waals surface area (Å²) in [6, 6.07) is 65.8. The summed E-state index contributed by atoms with van der Waals surface area (Å²) in [5.41, 5.74) is 15.4. The number of nitrogens with zero attached hydrogens (tertiary/aromatic N) is 4. The van der Waals surface area contributed by atoms with E-state index in [2.05, 4.69) is 164 Å². The van der Waals surface area contributed by atoms with Crippen LogP contribution in [-0.2, 0) is 0 Å². The van der Waals surface area contributed by atoms with E-state index in [-0.39, 0.29) is 0 Å². The van der Waals surface area contributed by atoms with E-state index in [1.807, 2.05) is 42.6 Å². The molecule has 2 heterocycles. The Kier molecular flexibility index (Phi) is 9.13. The van der Waals surface area contributed by atoms with Crippen molar-refractivity contribution >= 4 is 0 Å². The Hall–Kier alpha value is -7.30. The molecule has 9 aromatic rings. The molecule has 0 fully saturated rings. The third-order valence-electron chi connectivity index (χ3n) is 9.97. The van der Waals surface area contributed by atoms with Crippen molar-refractivity contribution in [3.63, 3.8) is 0 Å². The highest BCUT2D eigenvalue weighted by atomic mass is 15.0. The lowest BCUT2D eigenvalue weighted by Crippen LogP contribution is -2.00. The first kappa shape index (κ1) is 33.5. The smallest absolute Gasteiger partial charge is 0.164 e. The zero-order valence-electron chi connectivity index (χ0n) is 30.3. The molecule has 9 rings (SSSR count). The summed E-state index contributed by atoms with van der Waals surface area (Å²) < 4.78 is 0. The largest absolute Gasteiger partial charge is 0.264 e. The van der Waals surface area contributed by atoms with Gasteiger partial charge in [0.05, 0.1) is 0 Å². The number of aryl methyl sites for hydroxylation is 1. The van der Waals surface area contributed by atoms with Crippen LogP contribution in [0.25, 0.3) is 89.8 Å². The Morgan fingerprint density at radius 1 is 0.309 bits per heavy atom. The molecule has 4 nitrogen and oxygen atoms in total. The van der Waals surface area contributed by atoms with Crippen molar-refractivity contribution in [3.05, 3.63) is 206 Å². The van der Waals surface area contributed by atoms with Crippen molar-refractivity contribution < 1.29 is 0 Å². The third kappa shape index (κ3) is 6.97. The van der Waals surface area contributed by atoms with Gasteiger partial charge in [-0.15, -0.1) is 0 Å². The van der Waals surface area contributed by atoms with E-state index >= 15 is 0 Å². The standard InChI is InChI=1S/C51H36N4/c1-35-31-42(28-29-45(35)43-23-14-30-52-34-43)51-54-49(40-21-12-5-13-22-40)53-50(55-51)41-26-24-39(25-27-41)48-46(37-17-8-3-9-18-37)32-44(36-15-6-2-7-16-36)33-47(48)38-19-10-4-11-20-38/h2-34H,1H3. The fraction of sp³-hybridized carbons (Fsp3) is 0.0196. The first-order valence-electron chi connectivity index (χ1n) is 18.5. The van der Waals surface area contributed by atoms with Crippen LogP contribution < -0.4 is 0 Å². The van der Waals surface area contributed by atoms with E-state index in [1.54, 1.807) is 6.20 Å². The number of hydrogen-bond donors (Lipinski definition) is 0. The summed E-state index contributed by atoms with van der Waals surface area (Å²) in [4.78, 5) is 19.4. The Bertz CT molecular complexity index is 2650. The fourth-order valence-corrected chi connectivity index (χ4v) is 7.23. The number of aromatic nitrogens is 4. The van der Waals surface area contributed by atoms with E-state index in [0.717, 1.165) is 50.1 Å². The van der Waals surface area contributed by atoms with Crippen LogP contribution in [0.5, 0.6) is 0 Å². The molecule has 0 radical (unpaired) electrons. The lowest BCUT2D eigenvalue weighted by Gasteiger charge is -2.19. The quantitative estimate of drug-likeness (QED) is 0.158. The maximum Gasteiger partial charge on any atom is 0.164 e. The SMILES string of the molecule is Cc1cc(-c2nc(-c3ccccc3)nc(-c3ccc(-c4c(-c5ccccc5)cc(-c5ccccc5)cc4-c4ccccc4)cc3)n2)ccc1-c1cccnc1. The van der Waals surface area contributed by atoms with Gasteiger partial charge in [-0.3, -0.25) is 4.98 Å². The van der Waals surface area contributed by atoms with Gasteiger partial charge in [-0.1, -0.05) is 164 Å². The highest BCUT2D eigenvalue weighted by Crippen LogP contribution is 2.43. The Labute approximate surface area is 321 Å². The number of pyridine rings is 1. The Morgan fingerprint density at radius 3 is 1.25 bits per heavy atom. The molecule has 0 atom stereocenters. The Morgan fingerprint density at radius 2 is 0.745 bits per heavy atom. The molecule has 260 valence electrons. The van der Waals surface area contributed by atoms with Gasteiger partial charge in [0.2, 0.25) is 0 Å². The van der Waals surface area contributed by atoms with Gasteiger partial charge in [0.15, 0.2) is 17.5 Å². The van der Waals surface area contributed by atoms with Crippen molar-refractivity contribution in [3.8, 4) is 89.8 Å². The van der Waals surface area contributed by atoms with Gasteiger partial charge in [0, 0.05) is 34.6 Å². The minimum atomic E-state index is 0.621. The van der Waals surface area contributed by atoms with Crippen LogP contribution in [0.15, 0.2) is 200 Å². The van der Waals surface area contributed by atoms with Gasteiger partial charge in [0.25, 0.3) is 0 Å². The lowest BCUT2D eigenvalue weighted by atomic mass is 9.84. The van der Waals surface area contributed by atoms with Crippen LogP contribution >= 0.6 is 0 Å². The van der Waals surface area contributed by atoms with E-state index in [0.29, 0.717) is 17.5 Å². The highest BCUT2D eigenvalue weighted by molar-refractivity contribution is 5.98. The van der Waals surface area contributed by atoms with Gasteiger partial charge >= 0.3 is 0 Å². The average molecular weight is 705 g/mol. The van der Waals surface area contributed by atoms with Crippen molar-refractivity contribution in [2.75, 3.05) is 0 Å². The predicted octanol–water partition coefficient (Wildman–Crippen LogP) is 12.9. The molecule has 7 aromatic carbocycles. The highest BCUT2D eigenvalue weighted by Gasteiger charge is 2.19. The van der Waals surface area contributed by atoms with Crippen LogP contribution in [0.1, 0.15) is 5.56 Å². The predicted molar refractivity (Wildman–Crippen MR) is 226 cm³/mol. The van der Waals surface area contributed by atoms with Crippen LogP contribution in [0.3, 0.4) is 0 Å². The molecule has 0 unspecified atom stereocenters. The zero-order valence-corrected chi connectivity index (χ0v) is 30.3. The normalized spacial score (nSPS) is 11.0. The second-order valence-electron chi connectivity index (χ2n) is 13.6. The number of rotatable bonds is 8. The first-order chi connectivity index (χ1) is 27.2. The minimum absolute atomic E-state index is 0.621. The first-order valence-corrected chi connectivity index (χ1v) is 18.5. The second kappa shape index (κ2) is 15.0. The van der Waals surface area contributed by atoms with E-state index in [4.69, 9.17) is 15.0 Å². The molecule has 55 heavy (non-hydrogen) atoms. The van der Waals surface area contributed by atoms with Gasteiger partial charge in [-0.05, 0) is 86.8 Å². The van der Waals surface area contributed by atoms with E-state index in [1.165, 1.54) is 27.8 Å². The fourth-order valence-electron chi connectivity index (χ4n) is 7.23. The van der Waals surface area contributed by atoms with Gasteiger partial charge in [0.1, 0.15) is 0 Å². The summed E-state index contributed by atoms with van der Waals surface area (Å²) in [6.45, 7) is 2.12. The summed E-state index contributed by atoms with van der Waals surface area (Å²) in [6.07, 6.45) is 3.69. The van der Waals surface area contributed by atoms with Crippen molar-refractivity contribution in [2.45, 2.75) is 6.92 Å². The molecule has 0 saturated carbocycles. The molecular formula is C51H36N4. The van der Waals surface area contributed by atoms with Crippen LogP contribution in [0.2, 0.25) is 0 Å². The maximum absolute atomic E-state index is 5.09. The molecular weight excluding hydrogens is 669 g/mol. The molecule has 0 aliphatic carbocycles.